The SMILES string of the molecule is CNC(=O)c1c(F)cnc2c(C(C)CCNc3cc(-c4csc(-n5cccn5)n4)ncn3)cccc12. The summed E-state index contributed by atoms with van der Waals surface area (Å²) >= 11 is 1.49. The van der Waals surface area contributed by atoms with Crippen LogP contribution in [-0.2, 0) is 0 Å². The summed E-state index contributed by atoms with van der Waals surface area (Å²) in [6.07, 6.45) is 6.95. The molecule has 0 fully saturated rings. The van der Waals surface area contributed by atoms with Crippen molar-refractivity contribution in [2.75, 3.05) is 18.9 Å². The molecule has 1 aromatic carbocycles. The molecule has 182 valence electrons. The number of benzene rings is 1. The van der Waals surface area contributed by atoms with E-state index in [1.165, 1.54) is 24.7 Å². The van der Waals surface area contributed by atoms with Crippen molar-refractivity contribution in [3.05, 3.63) is 77.6 Å². The molecule has 5 aromatic rings. The van der Waals surface area contributed by atoms with Crippen molar-refractivity contribution in [1.82, 2.24) is 35.0 Å². The predicted molar refractivity (Wildman–Crippen MR) is 137 cm³/mol. The van der Waals surface area contributed by atoms with Crippen LogP contribution in [0, 0.1) is 5.82 Å². The van der Waals surface area contributed by atoms with Gasteiger partial charge < -0.3 is 10.6 Å². The Labute approximate surface area is 210 Å². The first-order chi connectivity index (χ1) is 17.5. The minimum absolute atomic E-state index is 0.0148. The molecule has 0 spiro atoms. The van der Waals surface area contributed by atoms with E-state index in [0.717, 1.165) is 34.7 Å². The third-order valence-corrected chi connectivity index (χ3v) is 6.70. The van der Waals surface area contributed by atoms with E-state index in [1.54, 1.807) is 16.9 Å². The fourth-order valence-electron chi connectivity index (χ4n) is 4.01. The van der Waals surface area contributed by atoms with Crippen LogP contribution in [0.15, 0.2) is 60.6 Å². The Bertz CT molecular complexity index is 1520. The van der Waals surface area contributed by atoms with Crippen LogP contribution < -0.4 is 10.6 Å². The molecule has 1 atom stereocenters. The number of para-hydroxylation sites is 1. The normalized spacial score (nSPS) is 12.0. The van der Waals surface area contributed by atoms with Crippen LogP contribution in [0.4, 0.5) is 10.2 Å². The molecule has 0 saturated heterocycles. The fraction of sp³-hybridized carbons (Fsp3) is 0.200. The molecule has 5 rings (SSSR count). The van der Waals surface area contributed by atoms with Gasteiger partial charge in [-0.25, -0.2) is 24.0 Å². The van der Waals surface area contributed by atoms with Gasteiger partial charge in [-0.15, -0.1) is 11.3 Å². The molecule has 11 heteroatoms. The van der Waals surface area contributed by atoms with Crippen molar-refractivity contribution in [2.24, 2.45) is 0 Å². The molecule has 36 heavy (non-hydrogen) atoms. The highest BCUT2D eigenvalue weighted by Crippen LogP contribution is 2.29. The van der Waals surface area contributed by atoms with Gasteiger partial charge in [0.2, 0.25) is 5.13 Å². The van der Waals surface area contributed by atoms with E-state index in [2.05, 4.69) is 42.6 Å². The van der Waals surface area contributed by atoms with Crippen LogP contribution in [-0.4, -0.2) is 49.2 Å². The Morgan fingerprint density at radius 3 is 2.89 bits per heavy atom. The number of anilines is 1. The second-order valence-electron chi connectivity index (χ2n) is 8.17. The van der Waals surface area contributed by atoms with Crippen molar-refractivity contribution < 1.29 is 9.18 Å². The highest BCUT2D eigenvalue weighted by molar-refractivity contribution is 7.12. The molecular formula is C25H23FN8OS. The zero-order chi connectivity index (χ0) is 25.1. The van der Waals surface area contributed by atoms with E-state index in [9.17, 15) is 9.18 Å². The van der Waals surface area contributed by atoms with E-state index >= 15 is 0 Å². The molecule has 0 radical (unpaired) electrons. The number of halogens is 1. The van der Waals surface area contributed by atoms with E-state index in [-0.39, 0.29) is 11.5 Å². The molecule has 2 N–H and O–H groups in total. The van der Waals surface area contributed by atoms with Crippen molar-refractivity contribution >= 4 is 34.0 Å². The zero-order valence-electron chi connectivity index (χ0n) is 19.6. The second-order valence-corrected chi connectivity index (χ2v) is 9.01. The van der Waals surface area contributed by atoms with Crippen LogP contribution in [0.1, 0.15) is 35.2 Å². The predicted octanol–water partition coefficient (Wildman–Crippen LogP) is 4.44. The fourth-order valence-corrected chi connectivity index (χ4v) is 4.77. The lowest BCUT2D eigenvalue weighted by molar-refractivity contribution is 0.0960. The largest absolute Gasteiger partial charge is 0.370 e. The summed E-state index contributed by atoms with van der Waals surface area (Å²) < 4.78 is 16.1. The minimum Gasteiger partial charge on any atom is -0.370 e. The third kappa shape index (κ3) is 4.65. The molecule has 0 saturated carbocycles. The lowest BCUT2D eigenvalue weighted by Crippen LogP contribution is -2.20. The number of hydrogen-bond acceptors (Lipinski definition) is 8. The Balaban J connectivity index is 1.29. The zero-order valence-corrected chi connectivity index (χ0v) is 20.5. The molecule has 0 bridgehead atoms. The highest BCUT2D eigenvalue weighted by Gasteiger charge is 2.19. The summed E-state index contributed by atoms with van der Waals surface area (Å²) in [4.78, 5) is 29.8. The third-order valence-electron chi connectivity index (χ3n) is 5.87. The topological polar surface area (TPSA) is 111 Å². The van der Waals surface area contributed by atoms with E-state index in [1.807, 2.05) is 35.8 Å². The number of hydrogen-bond donors (Lipinski definition) is 2. The maximum Gasteiger partial charge on any atom is 0.254 e. The van der Waals surface area contributed by atoms with Crippen molar-refractivity contribution in [1.29, 1.82) is 0 Å². The summed E-state index contributed by atoms with van der Waals surface area (Å²) in [6, 6.07) is 9.24. The number of amides is 1. The van der Waals surface area contributed by atoms with Gasteiger partial charge in [0.05, 0.1) is 23.0 Å². The molecule has 1 amide bonds. The number of fused-ring (bicyclic) bond motifs is 1. The Morgan fingerprint density at radius 1 is 1.19 bits per heavy atom. The highest BCUT2D eigenvalue weighted by atomic mass is 32.1. The van der Waals surface area contributed by atoms with Crippen LogP contribution in [0.25, 0.3) is 27.4 Å². The summed E-state index contributed by atoms with van der Waals surface area (Å²) in [5.41, 5.74) is 3.07. The average Bonchev–Trinajstić information content (AvgIpc) is 3.60. The molecule has 4 aromatic heterocycles. The first kappa shape index (κ1) is 23.5. The van der Waals surface area contributed by atoms with E-state index in [4.69, 9.17) is 0 Å². The van der Waals surface area contributed by atoms with Crippen LogP contribution >= 0.6 is 11.3 Å². The van der Waals surface area contributed by atoms with Crippen LogP contribution in [0.5, 0.6) is 0 Å². The maximum absolute atomic E-state index is 14.4. The number of carbonyl (C=O) groups excluding carboxylic acids is 1. The van der Waals surface area contributed by atoms with Gasteiger partial charge in [-0.05, 0) is 24.0 Å². The van der Waals surface area contributed by atoms with E-state index < -0.39 is 11.7 Å². The molecule has 1 unspecified atom stereocenters. The quantitative estimate of drug-likeness (QED) is 0.323. The van der Waals surface area contributed by atoms with Gasteiger partial charge in [-0.1, -0.05) is 25.1 Å². The monoisotopic (exact) mass is 502 g/mol. The van der Waals surface area contributed by atoms with Crippen LogP contribution in [0.2, 0.25) is 0 Å². The van der Waals surface area contributed by atoms with Gasteiger partial charge in [0.25, 0.3) is 5.91 Å². The van der Waals surface area contributed by atoms with Gasteiger partial charge >= 0.3 is 0 Å². The first-order valence-corrected chi connectivity index (χ1v) is 12.2. The lowest BCUT2D eigenvalue weighted by Gasteiger charge is -2.16. The summed E-state index contributed by atoms with van der Waals surface area (Å²) in [5, 5.41) is 13.3. The molecule has 0 aliphatic rings. The molecule has 0 aliphatic carbocycles. The smallest absolute Gasteiger partial charge is 0.254 e. The van der Waals surface area contributed by atoms with Gasteiger partial charge in [0.15, 0.2) is 5.82 Å². The van der Waals surface area contributed by atoms with Crippen LogP contribution in [0.3, 0.4) is 0 Å². The van der Waals surface area contributed by atoms with E-state index in [0.29, 0.717) is 23.3 Å². The summed E-state index contributed by atoms with van der Waals surface area (Å²) in [5.74, 6) is -0.304. The van der Waals surface area contributed by atoms with Gasteiger partial charge in [-0.2, -0.15) is 5.10 Å². The standard InChI is InChI=1S/C25H23FN8OS/c1-15(16-5-3-6-17-22(24(35)27-2)18(26)12-29-23(16)17)7-9-28-21-11-19(30-14-31-21)20-13-36-25(33-20)34-10-4-8-32-34/h3-6,8,10-15H,7,9H2,1-2H3,(H,27,35)(H,28,30,31). The van der Waals surface area contributed by atoms with Gasteiger partial charge in [0.1, 0.15) is 17.8 Å². The molecule has 0 aliphatic heterocycles. The number of nitrogens with zero attached hydrogens (tertiary/aromatic N) is 6. The minimum atomic E-state index is -0.634. The lowest BCUT2D eigenvalue weighted by atomic mass is 9.93. The number of rotatable bonds is 8. The number of nitrogens with one attached hydrogen (secondary N) is 2. The number of thiazole rings is 1. The van der Waals surface area contributed by atoms with Gasteiger partial charge in [-0.3, -0.25) is 9.78 Å². The van der Waals surface area contributed by atoms with Crippen molar-refractivity contribution in [3.63, 3.8) is 0 Å². The van der Waals surface area contributed by atoms with Crippen molar-refractivity contribution in [3.8, 4) is 16.5 Å². The Hall–Kier alpha value is -4.25. The molecule has 4 heterocycles. The summed E-state index contributed by atoms with van der Waals surface area (Å²) in [7, 11) is 1.48. The number of pyridine rings is 1. The van der Waals surface area contributed by atoms with Gasteiger partial charge in [0, 0.05) is 42.8 Å². The average molecular weight is 503 g/mol. The van der Waals surface area contributed by atoms with Crippen molar-refractivity contribution in [2.45, 2.75) is 19.3 Å². The number of aromatic nitrogens is 6. The molecular weight excluding hydrogens is 479 g/mol. The Kier molecular flexibility index (Phi) is 6.63. The Morgan fingerprint density at radius 2 is 2.08 bits per heavy atom. The maximum atomic E-state index is 14.4. The second kappa shape index (κ2) is 10.2. The summed E-state index contributed by atoms with van der Waals surface area (Å²) in [6.45, 7) is 2.73. The first-order valence-electron chi connectivity index (χ1n) is 11.4. The number of carbonyl (C=O) groups is 1. The molecule has 9 nitrogen and oxygen atoms in total.